The summed E-state index contributed by atoms with van der Waals surface area (Å²) in [4.78, 5) is 15.5. The fraction of sp³-hybridized carbons (Fsp3) is 0.333. The molecule has 0 atom stereocenters. The van der Waals surface area contributed by atoms with Crippen LogP contribution in [-0.2, 0) is 4.79 Å². The normalized spacial score (nSPS) is 16.8. The Morgan fingerprint density at radius 1 is 1.41 bits per heavy atom. The number of phenols is 1. The van der Waals surface area contributed by atoms with Crippen LogP contribution in [0.4, 0.5) is 0 Å². The monoisotopic (exact) mass is 340 g/mol. The van der Waals surface area contributed by atoms with Gasteiger partial charge in [-0.25, -0.2) is 0 Å². The number of phenolic OH excluding ortho intramolecular Hbond substituents is 1. The summed E-state index contributed by atoms with van der Waals surface area (Å²) in [5.41, 5.74) is 1.11. The molecule has 7 heteroatoms. The lowest BCUT2D eigenvalue weighted by Gasteiger charge is -2.13. The van der Waals surface area contributed by atoms with E-state index in [0.717, 1.165) is 0 Å². The molecule has 118 valence electrons. The topological polar surface area (TPSA) is 53.0 Å². The molecule has 1 aliphatic rings. The smallest absolute Gasteiger partial charge is 0.276 e. The van der Waals surface area contributed by atoms with Gasteiger partial charge in [-0.1, -0.05) is 11.6 Å². The molecule has 0 bridgehead atoms. The fourth-order valence-corrected chi connectivity index (χ4v) is 2.72. The SMILES string of the molecule is CCOc1cc(C=C2C(=O)N(CC)C(=S)N2C)cc(Cl)c1O. The number of carbonyl (C=O) groups excluding carboxylic acids is 1. The molecule has 2 rings (SSSR count). The summed E-state index contributed by atoms with van der Waals surface area (Å²) in [5, 5.41) is 10.5. The van der Waals surface area contributed by atoms with Gasteiger partial charge in [0, 0.05) is 13.6 Å². The molecule has 5 nitrogen and oxygen atoms in total. The van der Waals surface area contributed by atoms with Crippen LogP contribution >= 0.6 is 23.8 Å². The molecule has 0 aliphatic carbocycles. The van der Waals surface area contributed by atoms with Gasteiger partial charge < -0.3 is 14.7 Å². The van der Waals surface area contributed by atoms with Crippen LogP contribution in [0, 0.1) is 0 Å². The van der Waals surface area contributed by atoms with E-state index in [-0.39, 0.29) is 22.4 Å². The van der Waals surface area contributed by atoms with Crippen molar-refractivity contribution >= 4 is 40.9 Å². The molecular weight excluding hydrogens is 324 g/mol. The Kier molecular flexibility index (Phi) is 4.93. The van der Waals surface area contributed by atoms with Crippen molar-refractivity contribution in [2.45, 2.75) is 13.8 Å². The molecule has 1 fully saturated rings. The number of likely N-dealkylation sites (N-methyl/N-ethyl adjacent to an activating group) is 2. The summed E-state index contributed by atoms with van der Waals surface area (Å²) in [6, 6.07) is 3.21. The number of amides is 1. The van der Waals surface area contributed by atoms with Crippen molar-refractivity contribution in [2.24, 2.45) is 0 Å². The van der Waals surface area contributed by atoms with Crippen molar-refractivity contribution < 1.29 is 14.6 Å². The lowest BCUT2D eigenvalue weighted by molar-refractivity contribution is -0.122. The van der Waals surface area contributed by atoms with Gasteiger partial charge in [0.25, 0.3) is 5.91 Å². The maximum Gasteiger partial charge on any atom is 0.276 e. The van der Waals surface area contributed by atoms with Crippen molar-refractivity contribution in [1.29, 1.82) is 0 Å². The molecule has 0 saturated carbocycles. The first-order chi connectivity index (χ1) is 10.4. The molecule has 0 radical (unpaired) electrons. The highest BCUT2D eigenvalue weighted by molar-refractivity contribution is 7.80. The molecule has 22 heavy (non-hydrogen) atoms. The molecule has 0 aromatic heterocycles. The number of nitrogens with zero attached hydrogens (tertiary/aromatic N) is 2. The van der Waals surface area contributed by atoms with E-state index in [1.54, 1.807) is 30.2 Å². The third-order valence-corrected chi connectivity index (χ3v) is 4.10. The minimum atomic E-state index is -0.155. The van der Waals surface area contributed by atoms with Gasteiger partial charge in [-0.05, 0) is 49.8 Å². The molecule has 1 aromatic carbocycles. The summed E-state index contributed by atoms with van der Waals surface area (Å²) >= 11 is 11.2. The lowest BCUT2D eigenvalue weighted by Crippen LogP contribution is -2.30. The molecular formula is C15H17ClN2O3S. The first-order valence-electron chi connectivity index (χ1n) is 6.87. The van der Waals surface area contributed by atoms with Crippen LogP contribution in [0.25, 0.3) is 6.08 Å². The zero-order chi connectivity index (χ0) is 16.4. The molecule has 1 saturated heterocycles. The number of aromatic hydroxyl groups is 1. The van der Waals surface area contributed by atoms with E-state index in [1.807, 2.05) is 13.8 Å². The van der Waals surface area contributed by atoms with Crippen LogP contribution in [0.5, 0.6) is 11.5 Å². The summed E-state index contributed by atoms with van der Waals surface area (Å²) in [6.07, 6.45) is 1.68. The van der Waals surface area contributed by atoms with Crippen LogP contribution < -0.4 is 4.74 Å². The van der Waals surface area contributed by atoms with Gasteiger partial charge in [0.05, 0.1) is 11.6 Å². The second kappa shape index (κ2) is 6.54. The summed E-state index contributed by atoms with van der Waals surface area (Å²) in [7, 11) is 1.74. The second-order valence-corrected chi connectivity index (χ2v) is 5.48. The average molecular weight is 341 g/mol. The van der Waals surface area contributed by atoms with Crippen molar-refractivity contribution in [3.8, 4) is 11.5 Å². The van der Waals surface area contributed by atoms with Gasteiger partial charge in [0.15, 0.2) is 16.6 Å². The highest BCUT2D eigenvalue weighted by atomic mass is 35.5. The van der Waals surface area contributed by atoms with E-state index in [0.29, 0.717) is 29.5 Å². The van der Waals surface area contributed by atoms with Crippen LogP contribution in [0.15, 0.2) is 17.8 Å². The Morgan fingerprint density at radius 2 is 2.09 bits per heavy atom. The van der Waals surface area contributed by atoms with Gasteiger partial charge in [0.1, 0.15) is 5.70 Å². The quantitative estimate of drug-likeness (QED) is 0.674. The summed E-state index contributed by atoms with van der Waals surface area (Å²) in [5.74, 6) is 0.0181. The van der Waals surface area contributed by atoms with Crippen molar-refractivity contribution in [2.75, 3.05) is 20.2 Å². The standard InChI is InChI=1S/C15H17ClN2O3S/c1-4-18-14(20)11(17(3)15(18)22)7-9-6-10(16)13(19)12(8-9)21-5-2/h6-8,19H,4-5H2,1-3H3. The van der Waals surface area contributed by atoms with E-state index in [9.17, 15) is 9.90 Å². The Bertz CT molecular complexity index is 660. The molecule has 1 aromatic rings. The highest BCUT2D eigenvalue weighted by Crippen LogP contribution is 2.36. The van der Waals surface area contributed by atoms with Gasteiger partial charge in [-0.3, -0.25) is 9.69 Å². The zero-order valence-corrected chi connectivity index (χ0v) is 14.2. The third-order valence-electron chi connectivity index (χ3n) is 3.31. The Hall–Kier alpha value is -1.79. The van der Waals surface area contributed by atoms with Crippen LogP contribution in [0.2, 0.25) is 5.02 Å². The van der Waals surface area contributed by atoms with E-state index in [2.05, 4.69) is 0 Å². The van der Waals surface area contributed by atoms with Crippen molar-refractivity contribution in [3.63, 3.8) is 0 Å². The number of hydrogen-bond donors (Lipinski definition) is 1. The number of halogens is 1. The van der Waals surface area contributed by atoms with Gasteiger partial charge in [-0.2, -0.15) is 0 Å². The van der Waals surface area contributed by atoms with E-state index >= 15 is 0 Å². The molecule has 0 spiro atoms. The summed E-state index contributed by atoms with van der Waals surface area (Å²) in [6.45, 7) is 4.59. The zero-order valence-electron chi connectivity index (χ0n) is 12.6. The molecule has 1 N–H and O–H groups in total. The molecule has 1 heterocycles. The average Bonchev–Trinajstić information content (AvgIpc) is 2.68. The maximum atomic E-state index is 12.3. The summed E-state index contributed by atoms with van der Waals surface area (Å²) < 4.78 is 5.34. The highest BCUT2D eigenvalue weighted by Gasteiger charge is 2.34. The maximum absolute atomic E-state index is 12.3. The van der Waals surface area contributed by atoms with Gasteiger partial charge >= 0.3 is 0 Å². The van der Waals surface area contributed by atoms with Crippen molar-refractivity contribution in [3.05, 3.63) is 28.4 Å². The molecule has 1 aliphatic heterocycles. The van der Waals surface area contributed by atoms with Crippen LogP contribution in [0.3, 0.4) is 0 Å². The van der Waals surface area contributed by atoms with Crippen LogP contribution in [-0.4, -0.2) is 46.1 Å². The largest absolute Gasteiger partial charge is 0.503 e. The predicted molar refractivity (Wildman–Crippen MR) is 90.0 cm³/mol. The Balaban J connectivity index is 2.45. The number of thiocarbonyl (C=S) groups is 1. The number of benzene rings is 1. The minimum absolute atomic E-state index is 0.109. The Morgan fingerprint density at radius 3 is 2.64 bits per heavy atom. The first-order valence-corrected chi connectivity index (χ1v) is 7.65. The Labute approximate surface area is 139 Å². The van der Waals surface area contributed by atoms with Crippen molar-refractivity contribution in [1.82, 2.24) is 9.80 Å². The number of rotatable bonds is 4. The fourth-order valence-electron chi connectivity index (χ4n) is 2.19. The number of hydrogen-bond acceptors (Lipinski definition) is 4. The van der Waals surface area contributed by atoms with E-state index in [4.69, 9.17) is 28.6 Å². The first kappa shape index (κ1) is 16.6. The van der Waals surface area contributed by atoms with Crippen LogP contribution in [0.1, 0.15) is 19.4 Å². The predicted octanol–water partition coefficient (Wildman–Crippen LogP) is 2.86. The molecule has 1 amide bonds. The second-order valence-electron chi connectivity index (χ2n) is 4.70. The van der Waals surface area contributed by atoms with Gasteiger partial charge in [-0.15, -0.1) is 0 Å². The van der Waals surface area contributed by atoms with E-state index < -0.39 is 0 Å². The third kappa shape index (κ3) is 2.89. The lowest BCUT2D eigenvalue weighted by atomic mass is 10.1. The molecule has 0 unspecified atom stereocenters. The minimum Gasteiger partial charge on any atom is -0.503 e. The number of carbonyl (C=O) groups is 1. The number of ether oxygens (including phenoxy) is 1. The van der Waals surface area contributed by atoms with Gasteiger partial charge in [0.2, 0.25) is 0 Å². The van der Waals surface area contributed by atoms with E-state index in [1.165, 1.54) is 4.90 Å².